The second-order valence-electron chi connectivity index (χ2n) is 5.03. The number of para-hydroxylation sites is 1. The molecule has 104 valence electrons. The molecule has 0 saturated carbocycles. The summed E-state index contributed by atoms with van der Waals surface area (Å²) in [5.41, 5.74) is 6.66. The SMILES string of the molecule is CC1CCCN(CCOc2ccccc2CN)C1=O. The maximum atomic E-state index is 11.9. The van der Waals surface area contributed by atoms with Crippen molar-refractivity contribution >= 4 is 5.91 Å². The van der Waals surface area contributed by atoms with E-state index in [2.05, 4.69) is 0 Å². The highest BCUT2D eigenvalue weighted by Crippen LogP contribution is 2.19. The summed E-state index contributed by atoms with van der Waals surface area (Å²) in [6.07, 6.45) is 2.10. The Kier molecular flexibility index (Phi) is 4.80. The minimum atomic E-state index is 0.157. The normalized spacial score (nSPS) is 19.6. The van der Waals surface area contributed by atoms with Crippen LogP contribution in [0.2, 0.25) is 0 Å². The average Bonchev–Trinajstić information content (AvgIpc) is 2.44. The van der Waals surface area contributed by atoms with Crippen molar-refractivity contribution in [2.24, 2.45) is 11.7 Å². The van der Waals surface area contributed by atoms with Crippen LogP contribution in [0.5, 0.6) is 5.75 Å². The van der Waals surface area contributed by atoms with E-state index < -0.39 is 0 Å². The number of ether oxygens (including phenoxy) is 1. The monoisotopic (exact) mass is 262 g/mol. The number of hydrogen-bond donors (Lipinski definition) is 1. The largest absolute Gasteiger partial charge is 0.491 e. The van der Waals surface area contributed by atoms with Crippen LogP contribution in [0.1, 0.15) is 25.3 Å². The zero-order valence-corrected chi connectivity index (χ0v) is 11.5. The van der Waals surface area contributed by atoms with Crippen LogP contribution in [0, 0.1) is 5.92 Å². The fourth-order valence-corrected chi connectivity index (χ4v) is 2.43. The maximum absolute atomic E-state index is 11.9. The molecule has 1 atom stereocenters. The van der Waals surface area contributed by atoms with Crippen LogP contribution >= 0.6 is 0 Å². The minimum absolute atomic E-state index is 0.157. The van der Waals surface area contributed by atoms with Crippen molar-refractivity contribution in [3.63, 3.8) is 0 Å². The molecular formula is C15H22N2O2. The molecule has 4 heteroatoms. The zero-order chi connectivity index (χ0) is 13.7. The molecule has 0 radical (unpaired) electrons. The minimum Gasteiger partial charge on any atom is -0.491 e. The van der Waals surface area contributed by atoms with Crippen molar-refractivity contribution in [3.8, 4) is 5.75 Å². The van der Waals surface area contributed by atoms with Gasteiger partial charge in [-0.05, 0) is 18.9 Å². The van der Waals surface area contributed by atoms with Gasteiger partial charge in [0.1, 0.15) is 12.4 Å². The lowest BCUT2D eigenvalue weighted by Gasteiger charge is -2.30. The Morgan fingerprint density at radius 3 is 3.00 bits per heavy atom. The highest BCUT2D eigenvalue weighted by molar-refractivity contribution is 5.79. The summed E-state index contributed by atoms with van der Waals surface area (Å²) in [5.74, 6) is 1.23. The first-order valence-electron chi connectivity index (χ1n) is 6.92. The third-order valence-corrected chi connectivity index (χ3v) is 3.61. The maximum Gasteiger partial charge on any atom is 0.225 e. The summed E-state index contributed by atoms with van der Waals surface area (Å²) in [6.45, 7) is 4.50. The molecule has 1 unspecified atom stereocenters. The van der Waals surface area contributed by atoms with Crippen LogP contribution < -0.4 is 10.5 Å². The molecule has 0 aliphatic carbocycles. The second-order valence-corrected chi connectivity index (χ2v) is 5.03. The number of rotatable bonds is 5. The molecule has 1 amide bonds. The van der Waals surface area contributed by atoms with Crippen molar-refractivity contribution in [3.05, 3.63) is 29.8 Å². The van der Waals surface area contributed by atoms with E-state index >= 15 is 0 Å². The van der Waals surface area contributed by atoms with E-state index in [9.17, 15) is 4.79 Å². The Morgan fingerprint density at radius 1 is 1.42 bits per heavy atom. The Labute approximate surface area is 114 Å². The fraction of sp³-hybridized carbons (Fsp3) is 0.533. The lowest BCUT2D eigenvalue weighted by atomic mass is 9.99. The highest BCUT2D eigenvalue weighted by Gasteiger charge is 2.24. The molecule has 1 saturated heterocycles. The highest BCUT2D eigenvalue weighted by atomic mass is 16.5. The number of benzene rings is 1. The van der Waals surface area contributed by atoms with Gasteiger partial charge in [-0.15, -0.1) is 0 Å². The summed E-state index contributed by atoms with van der Waals surface area (Å²) < 4.78 is 5.74. The third-order valence-electron chi connectivity index (χ3n) is 3.61. The summed E-state index contributed by atoms with van der Waals surface area (Å²) >= 11 is 0. The van der Waals surface area contributed by atoms with E-state index in [1.807, 2.05) is 36.1 Å². The van der Waals surface area contributed by atoms with Crippen LogP contribution in [0.3, 0.4) is 0 Å². The van der Waals surface area contributed by atoms with Crippen molar-refractivity contribution in [1.29, 1.82) is 0 Å². The first kappa shape index (κ1) is 13.9. The molecule has 2 N–H and O–H groups in total. The average molecular weight is 262 g/mol. The van der Waals surface area contributed by atoms with Crippen molar-refractivity contribution in [1.82, 2.24) is 4.90 Å². The van der Waals surface area contributed by atoms with Crippen LogP contribution in [-0.2, 0) is 11.3 Å². The molecule has 1 aromatic carbocycles. The lowest BCUT2D eigenvalue weighted by molar-refractivity contribution is -0.138. The standard InChI is InChI=1S/C15H22N2O2/c1-12-5-4-8-17(15(12)18)9-10-19-14-7-3-2-6-13(14)11-16/h2-3,6-7,12H,4-5,8-11,16H2,1H3. The van der Waals surface area contributed by atoms with Gasteiger partial charge in [-0.2, -0.15) is 0 Å². The Hall–Kier alpha value is -1.55. The molecule has 1 aliphatic rings. The number of amides is 1. The molecule has 1 aliphatic heterocycles. The Balaban J connectivity index is 1.84. The fourth-order valence-electron chi connectivity index (χ4n) is 2.43. The predicted octanol–water partition coefficient (Wildman–Crippen LogP) is 1.78. The number of hydrogen-bond acceptors (Lipinski definition) is 3. The number of piperidine rings is 1. The van der Waals surface area contributed by atoms with Gasteiger partial charge in [-0.25, -0.2) is 0 Å². The molecule has 1 aromatic rings. The van der Waals surface area contributed by atoms with Crippen LogP contribution in [-0.4, -0.2) is 30.5 Å². The van der Waals surface area contributed by atoms with E-state index in [4.69, 9.17) is 10.5 Å². The quantitative estimate of drug-likeness (QED) is 0.880. The molecular weight excluding hydrogens is 240 g/mol. The van der Waals surface area contributed by atoms with Gasteiger partial charge in [-0.3, -0.25) is 4.79 Å². The summed E-state index contributed by atoms with van der Waals surface area (Å²) in [7, 11) is 0. The topological polar surface area (TPSA) is 55.6 Å². The van der Waals surface area contributed by atoms with Crippen molar-refractivity contribution in [2.45, 2.75) is 26.3 Å². The Bertz CT molecular complexity index is 434. The molecule has 0 aromatic heterocycles. The zero-order valence-electron chi connectivity index (χ0n) is 11.5. The summed E-state index contributed by atoms with van der Waals surface area (Å²) in [5, 5.41) is 0. The first-order chi connectivity index (χ1) is 9.22. The van der Waals surface area contributed by atoms with Gasteiger partial charge >= 0.3 is 0 Å². The number of carbonyl (C=O) groups excluding carboxylic acids is 1. The van der Waals surface area contributed by atoms with Gasteiger partial charge < -0.3 is 15.4 Å². The molecule has 19 heavy (non-hydrogen) atoms. The van der Waals surface area contributed by atoms with E-state index in [-0.39, 0.29) is 11.8 Å². The van der Waals surface area contributed by atoms with Gasteiger partial charge in [0.15, 0.2) is 0 Å². The van der Waals surface area contributed by atoms with Gasteiger partial charge in [0.2, 0.25) is 5.91 Å². The number of likely N-dealkylation sites (tertiary alicyclic amines) is 1. The summed E-state index contributed by atoms with van der Waals surface area (Å²) in [6, 6.07) is 7.76. The van der Waals surface area contributed by atoms with Crippen molar-refractivity contribution < 1.29 is 9.53 Å². The number of nitrogens with two attached hydrogens (primary N) is 1. The number of nitrogens with zero attached hydrogens (tertiary/aromatic N) is 1. The van der Waals surface area contributed by atoms with E-state index in [1.54, 1.807) is 0 Å². The smallest absolute Gasteiger partial charge is 0.225 e. The van der Waals surface area contributed by atoms with Gasteiger partial charge in [0, 0.05) is 24.6 Å². The predicted molar refractivity (Wildman–Crippen MR) is 74.8 cm³/mol. The van der Waals surface area contributed by atoms with Gasteiger partial charge in [0.05, 0.1) is 6.54 Å². The molecule has 4 nitrogen and oxygen atoms in total. The molecule has 2 rings (SSSR count). The van der Waals surface area contributed by atoms with Crippen LogP contribution in [0.15, 0.2) is 24.3 Å². The van der Waals surface area contributed by atoms with Crippen LogP contribution in [0.25, 0.3) is 0 Å². The van der Waals surface area contributed by atoms with Crippen molar-refractivity contribution in [2.75, 3.05) is 19.7 Å². The second kappa shape index (κ2) is 6.57. The van der Waals surface area contributed by atoms with E-state index in [1.165, 1.54) is 0 Å². The first-order valence-corrected chi connectivity index (χ1v) is 6.92. The number of carbonyl (C=O) groups is 1. The van der Waals surface area contributed by atoms with E-state index in [0.29, 0.717) is 19.7 Å². The van der Waals surface area contributed by atoms with E-state index in [0.717, 1.165) is 30.7 Å². The molecule has 1 fully saturated rings. The molecule has 1 heterocycles. The Morgan fingerprint density at radius 2 is 2.21 bits per heavy atom. The summed E-state index contributed by atoms with van der Waals surface area (Å²) in [4.78, 5) is 13.8. The molecule has 0 spiro atoms. The van der Waals surface area contributed by atoms with Gasteiger partial charge in [-0.1, -0.05) is 25.1 Å². The van der Waals surface area contributed by atoms with Crippen LogP contribution in [0.4, 0.5) is 0 Å². The lowest BCUT2D eigenvalue weighted by Crippen LogP contribution is -2.42. The van der Waals surface area contributed by atoms with Gasteiger partial charge in [0.25, 0.3) is 0 Å². The molecule has 0 bridgehead atoms. The third kappa shape index (κ3) is 3.47.